The molecule has 1 aliphatic heterocycles. The topological polar surface area (TPSA) is 40.6 Å². The van der Waals surface area contributed by atoms with E-state index < -0.39 is 0 Å². The van der Waals surface area contributed by atoms with Gasteiger partial charge in [0.25, 0.3) is 0 Å². The third-order valence-electron chi connectivity index (χ3n) is 7.84. The number of fused-ring (bicyclic) bond motifs is 8. The van der Waals surface area contributed by atoms with Crippen LogP contribution in [-0.4, -0.2) is 11.8 Å². The number of amides is 2. The second kappa shape index (κ2) is 8.42. The summed E-state index contributed by atoms with van der Waals surface area (Å²) in [5.41, 5.74) is 3.69. The number of carbonyl (C=O) groups is 2. The van der Waals surface area contributed by atoms with Crippen molar-refractivity contribution in [1.82, 2.24) is 0 Å². The summed E-state index contributed by atoms with van der Waals surface area (Å²) >= 11 is 0. The van der Waals surface area contributed by atoms with Crippen LogP contribution in [-0.2, 0) is 22.7 Å². The second-order valence-electron chi connectivity index (χ2n) is 10.2. The Morgan fingerprint density at radius 2 is 0.868 bits per heavy atom. The monoisotopic (exact) mass is 494 g/mol. The predicted octanol–water partition coefficient (Wildman–Crippen LogP) is 7.72. The van der Waals surface area contributed by atoms with Gasteiger partial charge in [0.1, 0.15) is 0 Å². The third kappa shape index (κ3) is 3.45. The number of carbonyl (C=O) groups excluding carboxylic acids is 2. The molecule has 0 saturated carbocycles. The highest BCUT2D eigenvalue weighted by molar-refractivity contribution is 6.12. The van der Waals surface area contributed by atoms with Gasteiger partial charge in [-0.05, 0) is 67.7 Å². The minimum absolute atomic E-state index is 0.0206. The van der Waals surface area contributed by atoms with Crippen molar-refractivity contribution in [3.63, 3.8) is 0 Å². The van der Waals surface area contributed by atoms with Crippen LogP contribution in [0.2, 0.25) is 0 Å². The maximum absolute atomic E-state index is 13.2. The van der Waals surface area contributed by atoms with Crippen molar-refractivity contribution >= 4 is 66.3 Å². The van der Waals surface area contributed by atoms with Gasteiger partial charge in [0, 0.05) is 24.6 Å². The summed E-state index contributed by atoms with van der Waals surface area (Å²) < 4.78 is 0. The van der Waals surface area contributed by atoms with Crippen LogP contribution in [0.1, 0.15) is 25.0 Å². The molecule has 0 bridgehead atoms. The van der Waals surface area contributed by atoms with Gasteiger partial charge in [0.2, 0.25) is 11.8 Å². The van der Waals surface area contributed by atoms with Gasteiger partial charge >= 0.3 is 0 Å². The molecule has 0 aliphatic carbocycles. The van der Waals surface area contributed by atoms with Crippen LogP contribution in [0.5, 0.6) is 0 Å². The van der Waals surface area contributed by atoms with Gasteiger partial charge in [-0.3, -0.25) is 9.59 Å². The van der Waals surface area contributed by atoms with Gasteiger partial charge in [0.15, 0.2) is 0 Å². The number of hydrogen-bond acceptors (Lipinski definition) is 2. The average molecular weight is 495 g/mol. The molecule has 0 aromatic heterocycles. The zero-order valence-corrected chi connectivity index (χ0v) is 21.4. The quantitative estimate of drug-likeness (QED) is 0.203. The third-order valence-corrected chi connectivity index (χ3v) is 7.84. The van der Waals surface area contributed by atoms with E-state index in [1.54, 1.807) is 13.8 Å². The highest BCUT2D eigenvalue weighted by atomic mass is 16.2. The van der Waals surface area contributed by atoms with E-state index in [2.05, 4.69) is 72.8 Å². The molecule has 2 amide bonds. The minimum atomic E-state index is -0.0206. The van der Waals surface area contributed by atoms with Crippen LogP contribution >= 0.6 is 0 Å². The van der Waals surface area contributed by atoms with Crippen molar-refractivity contribution in [2.45, 2.75) is 26.9 Å². The van der Waals surface area contributed by atoms with E-state index in [4.69, 9.17) is 0 Å². The summed E-state index contributed by atoms with van der Waals surface area (Å²) in [6.45, 7) is 4.02. The molecular weight excluding hydrogens is 468 g/mol. The van der Waals surface area contributed by atoms with Crippen LogP contribution < -0.4 is 9.80 Å². The molecule has 6 aromatic carbocycles. The smallest absolute Gasteiger partial charge is 0.224 e. The summed E-state index contributed by atoms with van der Waals surface area (Å²) in [7, 11) is 0. The average Bonchev–Trinajstić information content (AvgIpc) is 2.91. The molecule has 1 aliphatic rings. The van der Waals surface area contributed by atoms with Crippen LogP contribution in [0, 0.1) is 0 Å². The van der Waals surface area contributed by atoms with E-state index in [-0.39, 0.29) is 11.8 Å². The zero-order valence-electron chi connectivity index (χ0n) is 21.4. The Balaban J connectivity index is 1.52. The van der Waals surface area contributed by atoms with E-state index in [1.165, 1.54) is 0 Å². The highest BCUT2D eigenvalue weighted by Gasteiger charge is 2.28. The number of hydrogen-bond donors (Lipinski definition) is 0. The first-order valence-corrected chi connectivity index (χ1v) is 12.9. The number of benzene rings is 6. The Morgan fingerprint density at radius 3 is 1.24 bits per heavy atom. The molecule has 0 N–H and O–H groups in total. The largest absolute Gasteiger partial charge is 0.307 e. The lowest BCUT2D eigenvalue weighted by molar-refractivity contribution is -0.117. The fraction of sp³-hybridized carbons (Fsp3) is 0.118. The summed E-state index contributed by atoms with van der Waals surface area (Å²) in [4.78, 5) is 30.3. The molecule has 184 valence electrons. The molecule has 0 saturated heterocycles. The van der Waals surface area contributed by atoms with Gasteiger partial charge < -0.3 is 9.80 Å². The normalized spacial score (nSPS) is 13.4. The van der Waals surface area contributed by atoms with Crippen molar-refractivity contribution < 1.29 is 9.59 Å². The standard InChI is InChI=1S/C34H26N2O2/c1-21(37)35-19-29-13-11-28-16-24-8-4-6-10-26(24)18-32(28)34(29)36(22(2)38)20-30-14-12-27-15-23-7-3-5-9-25(23)17-31(27)33(30)35/h3-18H,19-20H2,1-2H3. The maximum Gasteiger partial charge on any atom is 0.224 e. The predicted molar refractivity (Wildman–Crippen MR) is 157 cm³/mol. The lowest BCUT2D eigenvalue weighted by Gasteiger charge is -2.34. The van der Waals surface area contributed by atoms with Gasteiger partial charge in [0.05, 0.1) is 24.5 Å². The second-order valence-corrected chi connectivity index (χ2v) is 10.2. The first-order valence-electron chi connectivity index (χ1n) is 12.9. The van der Waals surface area contributed by atoms with Crippen molar-refractivity contribution in [2.24, 2.45) is 0 Å². The Bertz CT molecular complexity index is 1810. The molecule has 38 heavy (non-hydrogen) atoms. The van der Waals surface area contributed by atoms with Crippen LogP contribution in [0.4, 0.5) is 11.4 Å². The maximum atomic E-state index is 13.2. The van der Waals surface area contributed by atoms with E-state index in [0.717, 1.165) is 65.6 Å². The molecule has 0 unspecified atom stereocenters. The SMILES string of the molecule is CC(=O)N1Cc2ccc3cc4ccccc4cc3c2N(C(C)=O)Cc2ccc3cc4ccccc4cc3c21. The van der Waals surface area contributed by atoms with E-state index in [9.17, 15) is 9.59 Å². The molecule has 4 nitrogen and oxygen atoms in total. The lowest BCUT2D eigenvalue weighted by Crippen LogP contribution is -2.36. The van der Waals surface area contributed by atoms with Crippen molar-refractivity contribution in [3.05, 3.63) is 108 Å². The Morgan fingerprint density at radius 1 is 0.500 bits per heavy atom. The fourth-order valence-corrected chi connectivity index (χ4v) is 6.02. The van der Waals surface area contributed by atoms with Gasteiger partial charge in [-0.25, -0.2) is 0 Å². The molecule has 6 aromatic rings. The minimum Gasteiger partial charge on any atom is -0.307 e. The fourth-order valence-electron chi connectivity index (χ4n) is 6.02. The van der Waals surface area contributed by atoms with Gasteiger partial charge in [-0.2, -0.15) is 0 Å². The van der Waals surface area contributed by atoms with Gasteiger partial charge in [-0.1, -0.05) is 72.8 Å². The molecule has 7 rings (SSSR count). The molecule has 0 atom stereocenters. The number of nitrogens with zero attached hydrogens (tertiary/aromatic N) is 2. The summed E-state index contributed by atoms with van der Waals surface area (Å²) in [5.74, 6) is -0.0412. The number of anilines is 2. The Labute approximate surface area is 220 Å². The van der Waals surface area contributed by atoms with Crippen LogP contribution in [0.15, 0.2) is 97.1 Å². The molecule has 0 spiro atoms. The first kappa shape index (κ1) is 22.5. The lowest BCUT2D eigenvalue weighted by atomic mass is 9.94. The van der Waals surface area contributed by atoms with Crippen molar-refractivity contribution in [1.29, 1.82) is 0 Å². The van der Waals surface area contributed by atoms with Crippen molar-refractivity contribution in [2.75, 3.05) is 9.80 Å². The molecule has 4 heteroatoms. The zero-order chi connectivity index (χ0) is 26.0. The Hall–Kier alpha value is -4.70. The van der Waals surface area contributed by atoms with Crippen molar-refractivity contribution in [3.8, 4) is 0 Å². The highest BCUT2D eigenvalue weighted by Crippen LogP contribution is 2.42. The van der Waals surface area contributed by atoms with Crippen LogP contribution in [0.25, 0.3) is 43.1 Å². The molecule has 0 radical (unpaired) electrons. The Kier molecular flexibility index (Phi) is 4.98. The van der Waals surface area contributed by atoms with Gasteiger partial charge in [-0.15, -0.1) is 0 Å². The summed E-state index contributed by atoms with van der Waals surface area (Å²) in [6.07, 6.45) is 0. The van der Waals surface area contributed by atoms with Crippen LogP contribution in [0.3, 0.4) is 0 Å². The summed E-state index contributed by atoms with van der Waals surface area (Å²) in [5, 5.41) is 8.78. The molecular formula is C34H26N2O2. The first-order chi connectivity index (χ1) is 18.5. The molecule has 0 fully saturated rings. The summed E-state index contributed by atoms with van der Waals surface area (Å²) in [6, 6.07) is 33.6. The van der Waals surface area contributed by atoms with E-state index >= 15 is 0 Å². The van der Waals surface area contributed by atoms with E-state index in [1.807, 2.05) is 34.1 Å². The van der Waals surface area contributed by atoms with E-state index in [0.29, 0.717) is 13.1 Å². The number of rotatable bonds is 0. The molecule has 1 heterocycles.